The van der Waals surface area contributed by atoms with E-state index in [0.717, 1.165) is 44.9 Å². The predicted molar refractivity (Wildman–Crippen MR) is 87.6 cm³/mol. The van der Waals surface area contributed by atoms with Crippen LogP contribution in [-0.2, 0) is 4.74 Å². The van der Waals surface area contributed by atoms with Crippen molar-refractivity contribution < 1.29 is 39.9 Å². The topological polar surface area (TPSA) is 9.23 Å². The minimum Gasteiger partial charge on any atom is -0.246 e. The van der Waals surface area contributed by atoms with Gasteiger partial charge in [0.2, 0.25) is 0 Å². The Hall–Kier alpha value is -0.600. The van der Waals surface area contributed by atoms with E-state index in [4.69, 9.17) is 0 Å². The van der Waals surface area contributed by atoms with Crippen LogP contribution in [0.15, 0.2) is 0 Å². The Labute approximate surface area is 155 Å². The zero-order valence-electron chi connectivity index (χ0n) is 15.9. The first kappa shape index (κ1) is 26.4. The summed E-state index contributed by atoms with van der Waals surface area (Å²) in [5, 5.41) is 0. The Balaban J connectivity index is 4.26. The average molecular weight is 414 g/mol. The highest BCUT2D eigenvalue weighted by atomic mass is 19.3. The molecular formula is C18H30F8O. The van der Waals surface area contributed by atoms with Crippen molar-refractivity contribution >= 4 is 0 Å². The Kier molecular flexibility index (Phi) is 11.2. The third-order valence-corrected chi connectivity index (χ3v) is 4.40. The summed E-state index contributed by atoms with van der Waals surface area (Å²) in [5.74, 6) is -9.93. The number of halogens is 8. The van der Waals surface area contributed by atoms with Crippen LogP contribution >= 0.6 is 0 Å². The molecule has 27 heavy (non-hydrogen) atoms. The normalized spacial score (nSPS) is 14.0. The highest BCUT2D eigenvalue weighted by molar-refractivity contribution is 4.83. The van der Waals surface area contributed by atoms with Gasteiger partial charge in [0, 0.05) is 12.8 Å². The molecule has 0 aromatic carbocycles. The van der Waals surface area contributed by atoms with E-state index in [9.17, 15) is 35.1 Å². The third kappa shape index (κ3) is 8.96. The molecule has 0 spiro atoms. The first-order valence-electron chi connectivity index (χ1n) is 9.54. The van der Waals surface area contributed by atoms with Gasteiger partial charge < -0.3 is 0 Å². The SMILES string of the molecule is CCCCCCCCCCCCC(F)(F)C(F)(F)OC(F)(F)C(F)(F)CC. The van der Waals surface area contributed by atoms with E-state index in [1.54, 1.807) is 0 Å². The van der Waals surface area contributed by atoms with Gasteiger partial charge in [0.15, 0.2) is 0 Å². The summed E-state index contributed by atoms with van der Waals surface area (Å²) in [4.78, 5) is 0. The van der Waals surface area contributed by atoms with Crippen LogP contribution in [0.4, 0.5) is 35.1 Å². The quantitative estimate of drug-likeness (QED) is 0.183. The molecule has 0 aliphatic rings. The lowest BCUT2D eigenvalue weighted by molar-refractivity contribution is -0.468. The second kappa shape index (κ2) is 11.4. The average Bonchev–Trinajstić information content (AvgIpc) is 2.55. The maximum Gasteiger partial charge on any atom is 0.423 e. The van der Waals surface area contributed by atoms with Crippen LogP contribution in [-0.4, -0.2) is 24.1 Å². The minimum absolute atomic E-state index is 0.224. The number of ether oxygens (including phenoxy) is 1. The summed E-state index contributed by atoms with van der Waals surface area (Å²) < 4.78 is 108. The van der Waals surface area contributed by atoms with Crippen molar-refractivity contribution in [3.63, 3.8) is 0 Å². The van der Waals surface area contributed by atoms with Crippen molar-refractivity contribution in [2.45, 2.75) is 115 Å². The van der Waals surface area contributed by atoms with Crippen molar-refractivity contribution in [2.75, 3.05) is 0 Å². The van der Waals surface area contributed by atoms with Gasteiger partial charge in [-0.15, -0.1) is 0 Å². The Morgan fingerprint density at radius 1 is 0.519 bits per heavy atom. The second-order valence-electron chi connectivity index (χ2n) is 6.83. The molecule has 0 aliphatic carbocycles. The molecule has 0 aliphatic heterocycles. The van der Waals surface area contributed by atoms with Crippen LogP contribution in [0.1, 0.15) is 90.9 Å². The number of unbranched alkanes of at least 4 members (excludes halogenated alkanes) is 9. The molecule has 0 fully saturated rings. The molecule has 0 bridgehead atoms. The zero-order chi connectivity index (χ0) is 21.2. The predicted octanol–water partition coefficient (Wildman–Crippen LogP) is 8.18. The molecule has 0 radical (unpaired) electrons. The standard InChI is InChI=1S/C18H30F8O/c1-3-5-6-7-8-9-10-11-12-13-14-16(21,22)18(25,26)27-17(23,24)15(19,20)4-2/h3-14H2,1-2H3. The van der Waals surface area contributed by atoms with E-state index in [1.807, 2.05) is 0 Å². The lowest BCUT2D eigenvalue weighted by Gasteiger charge is -2.32. The van der Waals surface area contributed by atoms with Gasteiger partial charge in [-0.2, -0.15) is 35.1 Å². The Bertz CT molecular complexity index is 399. The molecule has 0 N–H and O–H groups in total. The number of rotatable bonds is 16. The van der Waals surface area contributed by atoms with Crippen LogP contribution in [0.2, 0.25) is 0 Å². The third-order valence-electron chi connectivity index (χ3n) is 4.40. The Morgan fingerprint density at radius 3 is 1.30 bits per heavy atom. The van der Waals surface area contributed by atoms with E-state index in [-0.39, 0.29) is 12.8 Å². The van der Waals surface area contributed by atoms with Crippen molar-refractivity contribution in [1.82, 2.24) is 0 Å². The molecule has 0 saturated heterocycles. The van der Waals surface area contributed by atoms with Gasteiger partial charge in [-0.3, -0.25) is 0 Å². The van der Waals surface area contributed by atoms with Gasteiger partial charge in [0.1, 0.15) is 0 Å². The highest BCUT2D eigenvalue weighted by Crippen LogP contribution is 2.47. The molecule has 164 valence electrons. The molecule has 0 amide bonds. The summed E-state index contributed by atoms with van der Waals surface area (Å²) >= 11 is 0. The molecular weight excluding hydrogens is 384 g/mol. The monoisotopic (exact) mass is 414 g/mol. The maximum atomic E-state index is 13.5. The molecule has 0 saturated carbocycles. The summed E-state index contributed by atoms with van der Waals surface area (Å²) in [7, 11) is 0. The van der Waals surface area contributed by atoms with E-state index in [0.29, 0.717) is 13.3 Å². The molecule has 0 heterocycles. The largest absolute Gasteiger partial charge is 0.423 e. The van der Waals surface area contributed by atoms with Gasteiger partial charge in [-0.1, -0.05) is 71.6 Å². The Morgan fingerprint density at radius 2 is 0.889 bits per heavy atom. The van der Waals surface area contributed by atoms with Crippen LogP contribution in [0.3, 0.4) is 0 Å². The minimum atomic E-state index is -5.69. The van der Waals surface area contributed by atoms with Crippen LogP contribution in [0, 0.1) is 0 Å². The number of hydrogen-bond acceptors (Lipinski definition) is 1. The van der Waals surface area contributed by atoms with Gasteiger partial charge in [-0.25, -0.2) is 4.74 Å². The van der Waals surface area contributed by atoms with Crippen molar-refractivity contribution in [3.8, 4) is 0 Å². The fourth-order valence-corrected chi connectivity index (χ4v) is 2.50. The van der Waals surface area contributed by atoms with E-state index in [2.05, 4.69) is 11.7 Å². The summed E-state index contributed by atoms with van der Waals surface area (Å²) in [5.41, 5.74) is 0. The smallest absolute Gasteiger partial charge is 0.246 e. The molecule has 9 heteroatoms. The molecule has 1 nitrogen and oxygen atoms in total. The number of alkyl halides is 8. The number of hydrogen-bond donors (Lipinski definition) is 0. The van der Waals surface area contributed by atoms with Crippen LogP contribution in [0.25, 0.3) is 0 Å². The fourth-order valence-electron chi connectivity index (χ4n) is 2.50. The van der Waals surface area contributed by atoms with Crippen LogP contribution < -0.4 is 0 Å². The fraction of sp³-hybridized carbons (Fsp3) is 1.00. The maximum absolute atomic E-state index is 13.5. The first-order valence-corrected chi connectivity index (χ1v) is 9.54. The van der Waals surface area contributed by atoms with Gasteiger partial charge in [0.05, 0.1) is 0 Å². The first-order chi connectivity index (χ1) is 12.3. The molecule has 0 rings (SSSR count). The van der Waals surface area contributed by atoms with E-state index in [1.165, 1.54) is 0 Å². The second-order valence-corrected chi connectivity index (χ2v) is 6.83. The molecule has 0 atom stereocenters. The van der Waals surface area contributed by atoms with Gasteiger partial charge >= 0.3 is 24.1 Å². The molecule has 0 aromatic rings. The lowest BCUT2D eigenvalue weighted by atomic mass is 10.0. The van der Waals surface area contributed by atoms with Crippen molar-refractivity contribution in [2.24, 2.45) is 0 Å². The summed E-state index contributed by atoms with van der Waals surface area (Å²) in [6, 6.07) is 0. The van der Waals surface area contributed by atoms with Crippen LogP contribution in [0.5, 0.6) is 0 Å². The van der Waals surface area contributed by atoms with Crippen molar-refractivity contribution in [1.29, 1.82) is 0 Å². The molecule has 0 aromatic heterocycles. The van der Waals surface area contributed by atoms with E-state index >= 15 is 0 Å². The molecule has 0 unspecified atom stereocenters. The highest BCUT2D eigenvalue weighted by Gasteiger charge is 2.67. The van der Waals surface area contributed by atoms with Gasteiger partial charge in [0.25, 0.3) is 0 Å². The zero-order valence-corrected chi connectivity index (χ0v) is 15.9. The van der Waals surface area contributed by atoms with Crippen molar-refractivity contribution in [3.05, 3.63) is 0 Å². The van der Waals surface area contributed by atoms with Gasteiger partial charge in [-0.05, 0) is 6.42 Å². The summed E-state index contributed by atoms with van der Waals surface area (Å²) in [6.07, 6.45) is -6.65. The summed E-state index contributed by atoms with van der Waals surface area (Å²) in [6.45, 7) is 2.71. The lowest BCUT2D eigenvalue weighted by Crippen LogP contribution is -2.53. The van der Waals surface area contributed by atoms with E-state index < -0.39 is 36.9 Å².